The lowest BCUT2D eigenvalue weighted by atomic mass is 9.92. The Morgan fingerprint density at radius 3 is 2.31 bits per heavy atom. The highest BCUT2D eigenvalue weighted by atomic mass is 32.2. The lowest BCUT2D eigenvalue weighted by Gasteiger charge is -2.24. The number of rotatable bonds is 7. The van der Waals surface area contributed by atoms with Crippen LogP contribution in [-0.2, 0) is 15.6 Å². The van der Waals surface area contributed by atoms with Crippen LogP contribution in [0, 0.1) is 11.7 Å². The molecule has 0 aromatic heterocycles. The maximum atomic E-state index is 14.2. The van der Waals surface area contributed by atoms with E-state index in [1.54, 1.807) is 17.2 Å². The average molecular weight is 455 g/mol. The molecule has 3 rings (SSSR count). The summed E-state index contributed by atoms with van der Waals surface area (Å²) in [6.07, 6.45) is 3.71. The van der Waals surface area contributed by atoms with Crippen LogP contribution in [0.3, 0.4) is 0 Å². The third-order valence-electron chi connectivity index (χ3n) is 5.96. The molecule has 0 heterocycles. The Bertz CT molecular complexity index is 1100. The third-order valence-corrected chi connectivity index (χ3v) is 6.89. The van der Waals surface area contributed by atoms with Crippen molar-refractivity contribution in [3.8, 4) is 0 Å². The molecule has 0 spiro atoms. The van der Waals surface area contributed by atoms with E-state index in [0.717, 1.165) is 44.8 Å². The van der Waals surface area contributed by atoms with Gasteiger partial charge in [-0.25, -0.2) is 4.39 Å². The van der Waals surface area contributed by atoms with E-state index in [4.69, 9.17) is 0 Å². The van der Waals surface area contributed by atoms with Gasteiger partial charge in [-0.2, -0.15) is 0 Å². The van der Waals surface area contributed by atoms with Crippen molar-refractivity contribution >= 4 is 33.9 Å². The SMILES string of the molecule is CC1=C(C(C)C(=O)N(C)CCN(C)C)c2cc(F)ccc2/C1=C\c1ccc(S(C)=O)cc1. The third kappa shape index (κ3) is 5.08. The van der Waals surface area contributed by atoms with Crippen LogP contribution in [0.25, 0.3) is 17.2 Å². The first-order chi connectivity index (χ1) is 15.1. The number of halogens is 1. The zero-order chi connectivity index (χ0) is 23.6. The monoisotopic (exact) mass is 454 g/mol. The Morgan fingerprint density at radius 2 is 1.72 bits per heavy atom. The first-order valence-corrected chi connectivity index (χ1v) is 12.2. The summed E-state index contributed by atoms with van der Waals surface area (Å²) < 4.78 is 25.9. The molecular weight excluding hydrogens is 423 g/mol. The zero-order valence-corrected chi connectivity index (χ0v) is 20.4. The number of fused-ring (bicyclic) bond motifs is 1. The molecule has 2 aromatic carbocycles. The van der Waals surface area contributed by atoms with Crippen molar-refractivity contribution in [1.29, 1.82) is 0 Å². The van der Waals surface area contributed by atoms with Gasteiger partial charge < -0.3 is 9.80 Å². The van der Waals surface area contributed by atoms with E-state index in [1.807, 2.05) is 70.2 Å². The summed E-state index contributed by atoms with van der Waals surface area (Å²) in [6.45, 7) is 5.31. The normalized spacial score (nSPS) is 16.4. The molecule has 0 saturated heterocycles. The first kappa shape index (κ1) is 24.1. The number of hydrogen-bond acceptors (Lipinski definition) is 3. The fraction of sp³-hybridized carbons (Fsp3) is 0.346. The van der Waals surface area contributed by atoms with Crippen LogP contribution in [0.2, 0.25) is 0 Å². The van der Waals surface area contributed by atoms with Crippen LogP contribution in [-0.4, -0.2) is 60.4 Å². The van der Waals surface area contributed by atoms with Crippen molar-refractivity contribution in [3.63, 3.8) is 0 Å². The second-order valence-electron chi connectivity index (χ2n) is 8.59. The molecule has 1 amide bonds. The topological polar surface area (TPSA) is 40.6 Å². The number of hydrogen-bond donors (Lipinski definition) is 0. The van der Waals surface area contributed by atoms with Gasteiger partial charge in [0.25, 0.3) is 0 Å². The predicted octanol–water partition coefficient (Wildman–Crippen LogP) is 4.55. The van der Waals surface area contributed by atoms with Crippen LogP contribution in [0.4, 0.5) is 4.39 Å². The Hall–Kier alpha value is -2.57. The van der Waals surface area contributed by atoms with E-state index in [1.165, 1.54) is 12.1 Å². The molecule has 2 atom stereocenters. The summed E-state index contributed by atoms with van der Waals surface area (Å²) in [5, 5.41) is 0. The Morgan fingerprint density at radius 1 is 1.06 bits per heavy atom. The molecule has 0 radical (unpaired) electrons. The molecule has 0 saturated carbocycles. The van der Waals surface area contributed by atoms with Gasteiger partial charge in [-0.05, 0) is 91.7 Å². The van der Waals surface area contributed by atoms with Crippen molar-refractivity contribution in [2.45, 2.75) is 18.7 Å². The molecule has 32 heavy (non-hydrogen) atoms. The van der Waals surface area contributed by atoms with E-state index in [-0.39, 0.29) is 11.7 Å². The van der Waals surface area contributed by atoms with E-state index >= 15 is 0 Å². The number of carbonyl (C=O) groups is 1. The Kier molecular flexibility index (Phi) is 7.47. The summed E-state index contributed by atoms with van der Waals surface area (Å²) in [4.78, 5) is 17.7. The molecular formula is C26H31FN2O2S. The van der Waals surface area contributed by atoms with Gasteiger partial charge in [-0.1, -0.05) is 18.2 Å². The van der Waals surface area contributed by atoms with Crippen LogP contribution in [0.15, 0.2) is 52.9 Å². The fourth-order valence-corrected chi connectivity index (χ4v) is 4.62. The number of amides is 1. The standard InChI is InChI=1S/C26H31FN2O2S/c1-17-23(15-19-7-10-21(11-8-19)32(6)31)22-12-9-20(27)16-24(22)25(17)18(2)26(30)29(5)14-13-28(3)4/h7-12,15-16,18H,13-14H2,1-6H3/b23-15-. The number of benzene rings is 2. The molecule has 170 valence electrons. The molecule has 0 fully saturated rings. The minimum atomic E-state index is -1.03. The largest absolute Gasteiger partial charge is 0.344 e. The number of allylic oxidation sites excluding steroid dienone is 2. The second kappa shape index (κ2) is 9.92. The van der Waals surface area contributed by atoms with Crippen LogP contribution in [0.1, 0.15) is 30.5 Å². The second-order valence-corrected chi connectivity index (χ2v) is 9.97. The van der Waals surface area contributed by atoms with Crippen molar-refractivity contribution in [3.05, 3.63) is 70.5 Å². The zero-order valence-electron chi connectivity index (χ0n) is 19.6. The molecule has 1 aliphatic rings. The van der Waals surface area contributed by atoms with Gasteiger partial charge in [0.2, 0.25) is 5.91 Å². The maximum Gasteiger partial charge on any atom is 0.229 e. The quantitative estimate of drug-likeness (QED) is 0.616. The fourth-order valence-electron chi connectivity index (χ4n) is 4.10. The highest BCUT2D eigenvalue weighted by Gasteiger charge is 2.32. The highest BCUT2D eigenvalue weighted by Crippen LogP contribution is 2.45. The Labute approximate surface area is 192 Å². The van der Waals surface area contributed by atoms with E-state index < -0.39 is 16.7 Å². The van der Waals surface area contributed by atoms with Crippen LogP contribution in [0.5, 0.6) is 0 Å². The summed E-state index contributed by atoms with van der Waals surface area (Å²) in [5.41, 5.74) is 5.51. The predicted molar refractivity (Wildman–Crippen MR) is 131 cm³/mol. The summed E-state index contributed by atoms with van der Waals surface area (Å²) in [5.74, 6) is -0.684. The number of likely N-dealkylation sites (N-methyl/N-ethyl adjacent to an activating group) is 2. The first-order valence-electron chi connectivity index (χ1n) is 10.7. The molecule has 1 aliphatic carbocycles. The minimum absolute atomic E-state index is 0.0208. The lowest BCUT2D eigenvalue weighted by molar-refractivity contribution is -0.132. The molecule has 6 heteroatoms. The summed E-state index contributed by atoms with van der Waals surface area (Å²) in [7, 11) is 4.74. The van der Waals surface area contributed by atoms with Crippen LogP contribution >= 0.6 is 0 Å². The van der Waals surface area contributed by atoms with Gasteiger partial charge in [0.15, 0.2) is 0 Å². The van der Waals surface area contributed by atoms with Crippen molar-refractivity contribution in [2.24, 2.45) is 5.92 Å². The minimum Gasteiger partial charge on any atom is -0.344 e. The van der Waals surface area contributed by atoms with Gasteiger partial charge in [0.05, 0.1) is 5.92 Å². The highest BCUT2D eigenvalue weighted by molar-refractivity contribution is 7.84. The van der Waals surface area contributed by atoms with Crippen molar-refractivity contribution < 1.29 is 13.4 Å². The molecule has 4 nitrogen and oxygen atoms in total. The van der Waals surface area contributed by atoms with E-state index in [0.29, 0.717) is 6.54 Å². The maximum absolute atomic E-state index is 14.2. The van der Waals surface area contributed by atoms with Crippen molar-refractivity contribution in [2.75, 3.05) is 40.5 Å². The van der Waals surface area contributed by atoms with Crippen molar-refractivity contribution in [1.82, 2.24) is 9.80 Å². The summed E-state index contributed by atoms with van der Waals surface area (Å²) in [6, 6.07) is 12.4. The number of carbonyl (C=O) groups excluding carboxylic acids is 1. The van der Waals surface area contributed by atoms with Gasteiger partial charge in [0, 0.05) is 42.1 Å². The molecule has 2 aromatic rings. The van der Waals surface area contributed by atoms with Gasteiger partial charge >= 0.3 is 0 Å². The molecule has 0 bridgehead atoms. The van der Waals surface area contributed by atoms with E-state index in [9.17, 15) is 13.4 Å². The summed E-state index contributed by atoms with van der Waals surface area (Å²) >= 11 is 0. The molecule has 0 aliphatic heterocycles. The molecule has 0 N–H and O–H groups in total. The van der Waals surface area contributed by atoms with Crippen LogP contribution < -0.4 is 0 Å². The Balaban J connectivity index is 2.01. The van der Waals surface area contributed by atoms with Gasteiger partial charge in [-0.3, -0.25) is 9.00 Å². The number of nitrogens with zero attached hydrogens (tertiary/aromatic N) is 2. The lowest BCUT2D eigenvalue weighted by Crippen LogP contribution is -2.37. The van der Waals surface area contributed by atoms with E-state index in [2.05, 4.69) is 0 Å². The molecule has 2 unspecified atom stereocenters. The smallest absolute Gasteiger partial charge is 0.229 e. The van der Waals surface area contributed by atoms with Gasteiger partial charge in [-0.15, -0.1) is 0 Å². The van der Waals surface area contributed by atoms with Gasteiger partial charge in [0.1, 0.15) is 5.82 Å². The average Bonchev–Trinajstić information content (AvgIpc) is 3.01.